The van der Waals surface area contributed by atoms with Crippen molar-refractivity contribution < 1.29 is 48.3 Å². The summed E-state index contributed by atoms with van der Waals surface area (Å²) in [6, 6.07) is 0. The van der Waals surface area contributed by atoms with E-state index in [1.807, 2.05) is 0 Å². The van der Waals surface area contributed by atoms with Crippen LogP contribution < -0.4 is 0 Å². The summed E-state index contributed by atoms with van der Waals surface area (Å²) in [4.78, 5) is 52.1. The van der Waals surface area contributed by atoms with Crippen molar-refractivity contribution in [2.24, 2.45) is 22.7 Å². The van der Waals surface area contributed by atoms with E-state index in [4.69, 9.17) is 18.9 Å². The zero-order valence-corrected chi connectivity index (χ0v) is 18.6. The Morgan fingerprint density at radius 3 is 1.28 bits per heavy atom. The number of methoxy groups -OCH3 is 4. The predicted molar refractivity (Wildman–Crippen MR) is 107 cm³/mol. The van der Waals surface area contributed by atoms with Gasteiger partial charge in [-0.3, -0.25) is 9.59 Å². The van der Waals surface area contributed by atoms with E-state index in [0.717, 1.165) is 41.3 Å². The number of esters is 4. The molecule has 10 nitrogen and oxygen atoms in total. The Labute approximate surface area is 185 Å². The number of carbonyl (C=O) groups is 4. The van der Waals surface area contributed by atoms with Crippen molar-refractivity contribution in [3.63, 3.8) is 0 Å². The molecule has 0 aromatic rings. The molecule has 3 aliphatic carbocycles. The molecular weight excluding hydrogens is 424 g/mol. The second-order valence-electron chi connectivity index (χ2n) is 8.27. The minimum Gasteiger partial charge on any atom is -0.511 e. The molecule has 0 aliphatic heterocycles. The molecule has 2 N–H and O–H groups in total. The Bertz CT molecular complexity index is 842. The van der Waals surface area contributed by atoms with Crippen LogP contribution >= 0.6 is 0 Å². The molecule has 0 heterocycles. The van der Waals surface area contributed by atoms with Gasteiger partial charge in [0.2, 0.25) is 0 Å². The minimum atomic E-state index is -1.66. The second kappa shape index (κ2) is 8.48. The number of carbonyl (C=O) groups excluding carboxylic acids is 4. The van der Waals surface area contributed by atoms with E-state index in [-0.39, 0.29) is 24.0 Å². The summed E-state index contributed by atoms with van der Waals surface area (Å²) in [7, 11) is 4.43. The summed E-state index contributed by atoms with van der Waals surface area (Å²) in [6.45, 7) is 0. The third-order valence-electron chi connectivity index (χ3n) is 7.28. The zero-order chi connectivity index (χ0) is 23.8. The van der Waals surface area contributed by atoms with Gasteiger partial charge in [-0.05, 0) is 12.8 Å². The van der Waals surface area contributed by atoms with E-state index in [0.29, 0.717) is 12.8 Å². The number of ether oxygens (including phenoxy) is 4. The van der Waals surface area contributed by atoms with E-state index < -0.39 is 58.1 Å². The molecule has 0 spiro atoms. The quantitative estimate of drug-likeness (QED) is 0.479. The van der Waals surface area contributed by atoms with Crippen molar-refractivity contribution in [3.05, 3.63) is 22.7 Å². The molecule has 1 saturated carbocycles. The number of hydrogen-bond acceptors (Lipinski definition) is 10. The van der Waals surface area contributed by atoms with Gasteiger partial charge < -0.3 is 29.2 Å². The van der Waals surface area contributed by atoms with Crippen LogP contribution in [-0.4, -0.2) is 62.5 Å². The van der Waals surface area contributed by atoms with Crippen molar-refractivity contribution >= 4 is 23.9 Å². The van der Waals surface area contributed by atoms with E-state index >= 15 is 0 Å². The Kier molecular flexibility index (Phi) is 6.26. The SMILES string of the molecule is COC(=O)C1=C(O)[C@H](C(=O)OC)[C@]23CCCCCC[C@]12[C@@H](C(=O)OC)C(O)=C3C(=O)OC. The lowest BCUT2D eigenvalue weighted by atomic mass is 9.51. The van der Waals surface area contributed by atoms with Gasteiger partial charge in [0.25, 0.3) is 0 Å². The fraction of sp³-hybridized carbons (Fsp3) is 0.636. The summed E-state index contributed by atoms with van der Waals surface area (Å²) in [5.74, 6) is -8.06. The maximum Gasteiger partial charge on any atom is 0.337 e. The third kappa shape index (κ3) is 2.77. The number of aliphatic hydroxyl groups is 2. The van der Waals surface area contributed by atoms with Crippen LogP contribution in [0.1, 0.15) is 38.5 Å². The van der Waals surface area contributed by atoms with Crippen LogP contribution in [-0.2, 0) is 38.1 Å². The largest absolute Gasteiger partial charge is 0.511 e. The first kappa shape index (κ1) is 23.6. The van der Waals surface area contributed by atoms with Crippen LogP contribution in [0.3, 0.4) is 0 Å². The van der Waals surface area contributed by atoms with Crippen LogP contribution in [0, 0.1) is 22.7 Å². The van der Waals surface area contributed by atoms with Crippen LogP contribution in [0.15, 0.2) is 22.7 Å². The normalized spacial score (nSPS) is 31.8. The standard InChI is InChI=1S/C22H28O10/c1-29-17(25)11-15(23)12(18(26)30-2)22-10-8-6-5-7-9-21(11,22)13(19(27)31-3)16(24)14(22)20(28)32-4/h11,14,23-24H,5-10H2,1-4H3/t11-,14-,21+,22-/m1/s1. The Morgan fingerprint density at radius 1 is 0.656 bits per heavy atom. The van der Waals surface area contributed by atoms with Gasteiger partial charge in [-0.15, -0.1) is 0 Å². The van der Waals surface area contributed by atoms with Gasteiger partial charge >= 0.3 is 23.9 Å². The summed E-state index contributed by atoms with van der Waals surface area (Å²) < 4.78 is 19.8. The molecule has 1 fully saturated rings. The molecule has 3 aliphatic rings. The molecule has 0 amide bonds. The topological polar surface area (TPSA) is 146 Å². The molecular formula is C22H28O10. The van der Waals surface area contributed by atoms with Crippen LogP contribution in [0.5, 0.6) is 0 Å². The molecule has 4 atom stereocenters. The smallest absolute Gasteiger partial charge is 0.337 e. The lowest BCUT2D eigenvalue weighted by molar-refractivity contribution is -0.160. The molecule has 3 rings (SSSR count). The highest BCUT2D eigenvalue weighted by Crippen LogP contribution is 2.75. The highest BCUT2D eigenvalue weighted by atomic mass is 16.5. The van der Waals surface area contributed by atoms with Gasteiger partial charge in [-0.2, -0.15) is 0 Å². The highest BCUT2D eigenvalue weighted by molar-refractivity contribution is 6.03. The second-order valence-corrected chi connectivity index (χ2v) is 8.27. The van der Waals surface area contributed by atoms with Crippen molar-refractivity contribution in [1.29, 1.82) is 0 Å². The van der Waals surface area contributed by atoms with E-state index in [1.165, 1.54) is 0 Å². The molecule has 10 heteroatoms. The fourth-order valence-electron chi connectivity index (χ4n) is 6.25. The van der Waals surface area contributed by atoms with Gasteiger partial charge in [0, 0.05) is 10.8 Å². The van der Waals surface area contributed by atoms with Gasteiger partial charge in [0.05, 0.1) is 39.6 Å². The molecule has 0 aromatic heterocycles. The molecule has 0 unspecified atom stereocenters. The van der Waals surface area contributed by atoms with E-state index in [1.54, 1.807) is 0 Å². The van der Waals surface area contributed by atoms with Crippen LogP contribution in [0.4, 0.5) is 0 Å². The van der Waals surface area contributed by atoms with Crippen LogP contribution in [0.25, 0.3) is 0 Å². The summed E-state index contributed by atoms with van der Waals surface area (Å²) in [6.07, 6.45) is 2.71. The van der Waals surface area contributed by atoms with Gasteiger partial charge in [-0.25, -0.2) is 9.59 Å². The molecule has 32 heavy (non-hydrogen) atoms. The van der Waals surface area contributed by atoms with E-state index in [9.17, 15) is 29.4 Å². The Morgan fingerprint density at radius 2 is 1.00 bits per heavy atom. The first-order chi connectivity index (χ1) is 15.2. The average Bonchev–Trinajstić information content (AvgIpc) is 3.09. The van der Waals surface area contributed by atoms with Crippen molar-refractivity contribution in [3.8, 4) is 0 Å². The van der Waals surface area contributed by atoms with Gasteiger partial charge in [0.15, 0.2) is 0 Å². The van der Waals surface area contributed by atoms with Crippen molar-refractivity contribution in [1.82, 2.24) is 0 Å². The van der Waals surface area contributed by atoms with E-state index in [2.05, 4.69) is 0 Å². The lowest BCUT2D eigenvalue weighted by Crippen LogP contribution is -2.51. The minimum absolute atomic E-state index is 0.110. The van der Waals surface area contributed by atoms with Crippen molar-refractivity contribution in [2.75, 3.05) is 28.4 Å². The van der Waals surface area contributed by atoms with Gasteiger partial charge in [0.1, 0.15) is 23.4 Å². The van der Waals surface area contributed by atoms with Gasteiger partial charge in [-0.1, -0.05) is 25.7 Å². The van der Waals surface area contributed by atoms with Crippen LogP contribution in [0.2, 0.25) is 0 Å². The lowest BCUT2D eigenvalue weighted by Gasteiger charge is -2.48. The maximum absolute atomic E-state index is 13.0. The average molecular weight is 452 g/mol. The summed E-state index contributed by atoms with van der Waals surface area (Å²) in [5, 5.41) is 22.5. The maximum atomic E-state index is 13.0. The molecule has 0 aromatic carbocycles. The molecule has 176 valence electrons. The monoisotopic (exact) mass is 452 g/mol. The highest BCUT2D eigenvalue weighted by Gasteiger charge is 2.79. The van der Waals surface area contributed by atoms with Crippen molar-refractivity contribution in [2.45, 2.75) is 38.5 Å². The first-order valence-electron chi connectivity index (χ1n) is 10.4. The number of rotatable bonds is 4. The fourth-order valence-corrected chi connectivity index (χ4v) is 6.25. The first-order valence-corrected chi connectivity index (χ1v) is 10.4. The Hall–Kier alpha value is -3.04. The molecule has 0 radical (unpaired) electrons. The Balaban J connectivity index is 2.52. The number of hydrogen-bond donors (Lipinski definition) is 2. The molecule has 0 saturated heterocycles. The third-order valence-corrected chi connectivity index (χ3v) is 7.28. The molecule has 0 bridgehead atoms. The zero-order valence-electron chi connectivity index (χ0n) is 18.6. The predicted octanol–water partition coefficient (Wildman–Crippen LogP) is 1.89. The number of aliphatic hydroxyl groups excluding tert-OH is 2. The summed E-state index contributed by atoms with van der Waals surface area (Å²) >= 11 is 0. The summed E-state index contributed by atoms with van der Waals surface area (Å²) in [5.41, 5.74) is -3.97.